The molecule has 1 saturated heterocycles. The summed E-state index contributed by atoms with van der Waals surface area (Å²) in [5.41, 5.74) is 1.85. The van der Waals surface area contributed by atoms with Crippen molar-refractivity contribution in [3.8, 4) is 0 Å². The Bertz CT molecular complexity index is 609. The number of ether oxygens (including phenoxy) is 1. The lowest BCUT2D eigenvalue weighted by Gasteiger charge is -2.32. The molecule has 3 rings (SSSR count). The van der Waals surface area contributed by atoms with Crippen LogP contribution in [0.1, 0.15) is 21.8 Å². The maximum Gasteiger partial charge on any atom is 0.291 e. The minimum atomic E-state index is -0.105. The highest BCUT2D eigenvalue weighted by molar-refractivity contribution is 5.92. The lowest BCUT2D eigenvalue weighted by Crippen LogP contribution is -2.46. The van der Waals surface area contributed by atoms with E-state index in [-0.39, 0.29) is 12.0 Å². The minimum absolute atomic E-state index is 0.0216. The number of benzene rings is 1. The monoisotopic (exact) mass is 286 g/mol. The third-order valence-corrected chi connectivity index (χ3v) is 3.67. The van der Waals surface area contributed by atoms with Gasteiger partial charge in [-0.25, -0.2) is 4.98 Å². The van der Waals surface area contributed by atoms with Gasteiger partial charge in [-0.1, -0.05) is 30.3 Å². The van der Waals surface area contributed by atoms with E-state index in [4.69, 9.17) is 9.15 Å². The topological polar surface area (TPSA) is 55.6 Å². The van der Waals surface area contributed by atoms with Crippen LogP contribution in [0.5, 0.6) is 0 Å². The molecule has 1 aromatic carbocycles. The first kappa shape index (κ1) is 13.8. The van der Waals surface area contributed by atoms with E-state index >= 15 is 0 Å². The average molecular weight is 286 g/mol. The van der Waals surface area contributed by atoms with Crippen LogP contribution in [0, 0.1) is 6.92 Å². The highest BCUT2D eigenvalue weighted by Gasteiger charge is 2.27. The summed E-state index contributed by atoms with van der Waals surface area (Å²) in [5, 5.41) is 0. The molecule has 21 heavy (non-hydrogen) atoms. The number of carbonyl (C=O) groups is 1. The number of hydrogen-bond donors (Lipinski definition) is 0. The Kier molecular flexibility index (Phi) is 4.01. The van der Waals surface area contributed by atoms with E-state index < -0.39 is 0 Å². The largest absolute Gasteiger partial charge is 0.438 e. The summed E-state index contributed by atoms with van der Waals surface area (Å²) >= 11 is 0. The van der Waals surface area contributed by atoms with Crippen LogP contribution in [-0.2, 0) is 11.2 Å². The summed E-state index contributed by atoms with van der Waals surface area (Å²) < 4.78 is 11.0. The fourth-order valence-corrected chi connectivity index (χ4v) is 2.56. The molecule has 1 aliphatic heterocycles. The summed E-state index contributed by atoms with van der Waals surface area (Å²) in [5.74, 6) is 0.224. The molecule has 1 atom stereocenters. The van der Waals surface area contributed by atoms with Crippen molar-refractivity contribution in [1.29, 1.82) is 0 Å². The van der Waals surface area contributed by atoms with Crippen molar-refractivity contribution in [3.63, 3.8) is 0 Å². The van der Waals surface area contributed by atoms with Crippen molar-refractivity contribution < 1.29 is 13.9 Å². The number of morpholine rings is 1. The standard InChI is InChI=1S/C16H18N2O3/c1-12-15(21-11-17-12)16(19)18-7-8-20-14(10-18)9-13-5-3-2-4-6-13/h2-6,11,14H,7-10H2,1H3/t14-/m0/s1. The van der Waals surface area contributed by atoms with E-state index in [2.05, 4.69) is 17.1 Å². The van der Waals surface area contributed by atoms with Gasteiger partial charge in [0.25, 0.3) is 5.91 Å². The number of oxazole rings is 1. The Morgan fingerprint density at radius 1 is 1.38 bits per heavy atom. The molecule has 1 amide bonds. The second-order valence-corrected chi connectivity index (χ2v) is 5.20. The van der Waals surface area contributed by atoms with Crippen molar-refractivity contribution in [2.45, 2.75) is 19.4 Å². The Labute approximate surface area is 123 Å². The van der Waals surface area contributed by atoms with Crippen LogP contribution in [0.2, 0.25) is 0 Å². The van der Waals surface area contributed by atoms with Gasteiger partial charge in [0.05, 0.1) is 18.4 Å². The third kappa shape index (κ3) is 3.13. The molecule has 110 valence electrons. The lowest BCUT2D eigenvalue weighted by atomic mass is 10.1. The van der Waals surface area contributed by atoms with E-state index in [0.717, 1.165) is 6.42 Å². The third-order valence-electron chi connectivity index (χ3n) is 3.67. The predicted molar refractivity (Wildman–Crippen MR) is 77.0 cm³/mol. The van der Waals surface area contributed by atoms with E-state index in [1.54, 1.807) is 11.8 Å². The summed E-state index contributed by atoms with van der Waals surface area (Å²) in [4.78, 5) is 18.2. The summed E-state index contributed by atoms with van der Waals surface area (Å²) in [6, 6.07) is 10.2. The SMILES string of the molecule is Cc1ncoc1C(=O)N1CCO[C@@H](Cc2ccccc2)C1. The molecule has 0 N–H and O–H groups in total. The summed E-state index contributed by atoms with van der Waals surface area (Å²) in [6.07, 6.45) is 2.14. The molecule has 5 heteroatoms. The van der Waals surface area contributed by atoms with Crippen LogP contribution in [0.25, 0.3) is 0 Å². The first-order chi connectivity index (χ1) is 10.2. The van der Waals surface area contributed by atoms with Crippen LogP contribution in [0.3, 0.4) is 0 Å². The number of aryl methyl sites for hydroxylation is 1. The Balaban J connectivity index is 1.66. The normalized spacial score (nSPS) is 18.7. The maximum absolute atomic E-state index is 12.4. The number of amides is 1. The van der Waals surface area contributed by atoms with Gasteiger partial charge in [0.15, 0.2) is 6.39 Å². The first-order valence-electron chi connectivity index (χ1n) is 7.09. The molecule has 1 fully saturated rings. The highest BCUT2D eigenvalue weighted by Crippen LogP contribution is 2.15. The minimum Gasteiger partial charge on any atom is -0.438 e. The number of nitrogens with zero attached hydrogens (tertiary/aromatic N) is 2. The number of hydrogen-bond acceptors (Lipinski definition) is 4. The molecule has 1 aliphatic rings. The number of carbonyl (C=O) groups excluding carboxylic acids is 1. The van der Waals surface area contributed by atoms with Gasteiger partial charge in [0, 0.05) is 19.5 Å². The summed E-state index contributed by atoms with van der Waals surface area (Å²) in [7, 11) is 0. The zero-order valence-corrected chi connectivity index (χ0v) is 12.0. The van der Waals surface area contributed by atoms with Gasteiger partial charge < -0.3 is 14.1 Å². The molecular formula is C16H18N2O3. The van der Waals surface area contributed by atoms with E-state index in [1.165, 1.54) is 12.0 Å². The van der Waals surface area contributed by atoms with Crippen molar-refractivity contribution in [1.82, 2.24) is 9.88 Å². The fourth-order valence-electron chi connectivity index (χ4n) is 2.56. The summed E-state index contributed by atoms with van der Waals surface area (Å²) in [6.45, 7) is 3.49. The number of aromatic nitrogens is 1. The molecule has 0 aliphatic carbocycles. The fraction of sp³-hybridized carbons (Fsp3) is 0.375. The van der Waals surface area contributed by atoms with Gasteiger partial charge in [0.2, 0.25) is 5.76 Å². The van der Waals surface area contributed by atoms with Gasteiger partial charge in [-0.05, 0) is 12.5 Å². The van der Waals surface area contributed by atoms with Gasteiger partial charge >= 0.3 is 0 Å². The molecule has 5 nitrogen and oxygen atoms in total. The maximum atomic E-state index is 12.4. The van der Waals surface area contributed by atoms with Crippen molar-refractivity contribution in [2.24, 2.45) is 0 Å². The van der Waals surface area contributed by atoms with Gasteiger partial charge in [-0.2, -0.15) is 0 Å². The molecule has 0 saturated carbocycles. The molecule has 0 spiro atoms. The Hall–Kier alpha value is -2.14. The molecule has 0 bridgehead atoms. The zero-order chi connectivity index (χ0) is 14.7. The van der Waals surface area contributed by atoms with Crippen molar-refractivity contribution in [2.75, 3.05) is 19.7 Å². The van der Waals surface area contributed by atoms with Crippen molar-refractivity contribution >= 4 is 5.91 Å². The predicted octanol–water partition coefficient (Wildman–Crippen LogP) is 2.07. The van der Waals surface area contributed by atoms with Gasteiger partial charge in [-0.3, -0.25) is 4.79 Å². The average Bonchev–Trinajstić information content (AvgIpc) is 2.94. The molecular weight excluding hydrogens is 268 g/mol. The second kappa shape index (κ2) is 6.10. The van der Waals surface area contributed by atoms with Crippen LogP contribution < -0.4 is 0 Å². The molecule has 0 unspecified atom stereocenters. The zero-order valence-electron chi connectivity index (χ0n) is 12.0. The van der Waals surface area contributed by atoms with E-state index in [1.807, 2.05) is 18.2 Å². The Morgan fingerprint density at radius 3 is 2.90 bits per heavy atom. The van der Waals surface area contributed by atoms with Crippen molar-refractivity contribution in [3.05, 3.63) is 53.7 Å². The highest BCUT2D eigenvalue weighted by atomic mass is 16.5. The van der Waals surface area contributed by atoms with Gasteiger partial charge in [-0.15, -0.1) is 0 Å². The smallest absolute Gasteiger partial charge is 0.291 e. The van der Waals surface area contributed by atoms with Crippen LogP contribution in [0.15, 0.2) is 41.1 Å². The second-order valence-electron chi connectivity index (χ2n) is 5.20. The van der Waals surface area contributed by atoms with Crippen LogP contribution in [-0.4, -0.2) is 41.6 Å². The van der Waals surface area contributed by atoms with Gasteiger partial charge in [0.1, 0.15) is 0 Å². The first-order valence-corrected chi connectivity index (χ1v) is 7.09. The molecule has 2 heterocycles. The molecule has 1 aromatic heterocycles. The quantitative estimate of drug-likeness (QED) is 0.866. The Morgan fingerprint density at radius 2 is 2.19 bits per heavy atom. The van der Waals surface area contributed by atoms with E-state index in [0.29, 0.717) is 31.2 Å². The number of rotatable bonds is 3. The molecule has 0 radical (unpaired) electrons. The van der Waals surface area contributed by atoms with Crippen LogP contribution >= 0.6 is 0 Å². The lowest BCUT2D eigenvalue weighted by molar-refractivity contribution is -0.0218. The van der Waals surface area contributed by atoms with E-state index in [9.17, 15) is 4.79 Å². The molecule has 2 aromatic rings. The van der Waals surface area contributed by atoms with Crippen LogP contribution in [0.4, 0.5) is 0 Å².